The number of rotatable bonds is 3. The van der Waals surface area contributed by atoms with Crippen molar-refractivity contribution in [2.45, 2.75) is 6.18 Å². The summed E-state index contributed by atoms with van der Waals surface area (Å²) in [5, 5.41) is 18.4. The topological polar surface area (TPSA) is 82.1 Å². The Morgan fingerprint density at radius 2 is 1.71 bits per heavy atom. The van der Waals surface area contributed by atoms with Crippen LogP contribution in [-0.2, 0) is 6.18 Å². The van der Waals surface area contributed by atoms with Gasteiger partial charge in [-0.15, -0.1) is 10.2 Å². The zero-order valence-corrected chi connectivity index (χ0v) is 11.8. The number of benzene rings is 2. The van der Waals surface area contributed by atoms with Gasteiger partial charge in [0.15, 0.2) is 0 Å². The second-order valence-electron chi connectivity index (χ2n) is 4.77. The smallest absolute Gasteiger partial charge is 0.416 e. The Morgan fingerprint density at radius 3 is 2.42 bits per heavy atom. The van der Waals surface area contributed by atoms with Crippen LogP contribution in [0.5, 0.6) is 0 Å². The molecule has 24 heavy (non-hydrogen) atoms. The Morgan fingerprint density at radius 1 is 1.00 bits per heavy atom. The molecule has 1 heterocycles. The van der Waals surface area contributed by atoms with Crippen molar-refractivity contribution in [1.82, 2.24) is 10.2 Å². The quantitative estimate of drug-likeness (QED) is 0.525. The van der Waals surface area contributed by atoms with Crippen LogP contribution in [0.25, 0.3) is 22.9 Å². The maximum atomic E-state index is 12.8. The summed E-state index contributed by atoms with van der Waals surface area (Å²) in [5.41, 5.74) is -0.933. The average molecular weight is 335 g/mol. The Bertz CT molecular complexity index is 906. The molecule has 122 valence electrons. The largest absolute Gasteiger partial charge is 0.416 e. The molecule has 0 radical (unpaired) electrons. The number of nitrogens with zero attached hydrogens (tertiary/aromatic N) is 3. The first kappa shape index (κ1) is 15.7. The number of hydrogen-bond acceptors (Lipinski definition) is 5. The van der Waals surface area contributed by atoms with Gasteiger partial charge in [0, 0.05) is 11.6 Å². The van der Waals surface area contributed by atoms with E-state index in [1.54, 1.807) is 6.07 Å². The van der Waals surface area contributed by atoms with Crippen molar-refractivity contribution in [1.29, 1.82) is 0 Å². The molecule has 0 aliphatic carbocycles. The first-order valence-corrected chi connectivity index (χ1v) is 6.61. The van der Waals surface area contributed by atoms with Crippen molar-refractivity contribution in [3.05, 3.63) is 64.2 Å². The van der Waals surface area contributed by atoms with Crippen LogP contribution in [-0.4, -0.2) is 15.1 Å². The molecule has 9 heteroatoms. The zero-order valence-electron chi connectivity index (χ0n) is 11.8. The maximum Gasteiger partial charge on any atom is 0.416 e. The summed E-state index contributed by atoms with van der Waals surface area (Å²) in [5.74, 6) is -0.302. The van der Waals surface area contributed by atoms with E-state index in [0.717, 1.165) is 12.1 Å². The van der Waals surface area contributed by atoms with Gasteiger partial charge < -0.3 is 4.42 Å². The van der Waals surface area contributed by atoms with Crippen LogP contribution in [0.4, 0.5) is 18.9 Å². The molecule has 1 aromatic heterocycles. The third-order valence-electron chi connectivity index (χ3n) is 3.19. The van der Waals surface area contributed by atoms with E-state index in [1.807, 2.05) is 0 Å². The fraction of sp³-hybridized carbons (Fsp3) is 0.0667. The van der Waals surface area contributed by atoms with Gasteiger partial charge in [-0.2, -0.15) is 13.2 Å². The molecule has 0 bridgehead atoms. The predicted molar refractivity (Wildman–Crippen MR) is 76.8 cm³/mol. The lowest BCUT2D eigenvalue weighted by Crippen LogP contribution is -2.04. The number of hydrogen-bond donors (Lipinski definition) is 0. The first-order valence-electron chi connectivity index (χ1n) is 6.61. The molecule has 0 saturated heterocycles. The number of alkyl halides is 3. The highest BCUT2D eigenvalue weighted by Crippen LogP contribution is 2.34. The molecule has 0 N–H and O–H groups in total. The highest BCUT2D eigenvalue weighted by Gasteiger charge is 2.31. The van der Waals surface area contributed by atoms with Crippen LogP contribution < -0.4 is 0 Å². The highest BCUT2D eigenvalue weighted by atomic mass is 19.4. The van der Waals surface area contributed by atoms with Crippen molar-refractivity contribution < 1.29 is 22.5 Å². The first-order chi connectivity index (χ1) is 11.4. The minimum absolute atomic E-state index is 0.0714. The summed E-state index contributed by atoms with van der Waals surface area (Å²) >= 11 is 0. The summed E-state index contributed by atoms with van der Waals surface area (Å²) in [4.78, 5) is 10.4. The molecule has 3 aromatic rings. The lowest BCUT2D eigenvalue weighted by molar-refractivity contribution is -0.384. The van der Waals surface area contributed by atoms with Gasteiger partial charge in [0.1, 0.15) is 5.56 Å². The van der Waals surface area contributed by atoms with Gasteiger partial charge >= 0.3 is 6.18 Å². The lowest BCUT2D eigenvalue weighted by Gasteiger charge is -2.06. The van der Waals surface area contributed by atoms with Crippen molar-refractivity contribution >= 4 is 5.69 Å². The van der Waals surface area contributed by atoms with Gasteiger partial charge in [0.05, 0.1) is 10.5 Å². The monoisotopic (exact) mass is 335 g/mol. The van der Waals surface area contributed by atoms with Crippen molar-refractivity contribution in [2.24, 2.45) is 0 Å². The van der Waals surface area contributed by atoms with E-state index in [4.69, 9.17) is 4.42 Å². The molecule has 0 spiro atoms. The third kappa shape index (κ3) is 2.96. The summed E-state index contributed by atoms with van der Waals surface area (Å²) in [6.07, 6.45) is -4.50. The van der Waals surface area contributed by atoms with Crippen LogP contribution in [0, 0.1) is 10.1 Å². The Labute approximate surface area is 132 Å². The summed E-state index contributed by atoms with van der Waals surface area (Å²) < 4.78 is 43.6. The number of halogens is 3. The van der Waals surface area contributed by atoms with Gasteiger partial charge in [-0.3, -0.25) is 10.1 Å². The Balaban J connectivity index is 2.02. The molecule has 0 amide bonds. The predicted octanol–water partition coefficient (Wildman–Crippen LogP) is 4.33. The Hall–Kier alpha value is -3.23. The van der Waals surface area contributed by atoms with Gasteiger partial charge in [-0.05, 0) is 24.3 Å². The third-order valence-corrected chi connectivity index (χ3v) is 3.19. The summed E-state index contributed by atoms with van der Waals surface area (Å²) in [6.45, 7) is 0. The van der Waals surface area contributed by atoms with Gasteiger partial charge in [-0.1, -0.05) is 18.2 Å². The van der Waals surface area contributed by atoms with Crippen LogP contribution in [0.3, 0.4) is 0 Å². The molecule has 6 nitrogen and oxygen atoms in total. The molecule has 0 atom stereocenters. The minimum Gasteiger partial charge on any atom is -0.416 e. The second-order valence-corrected chi connectivity index (χ2v) is 4.77. The van der Waals surface area contributed by atoms with E-state index >= 15 is 0 Å². The Kier molecular flexibility index (Phi) is 3.76. The standard InChI is InChI=1S/C15H8F3N3O3/c16-15(17,18)10-5-3-4-9(8-10)13-19-20-14(24-13)11-6-1-2-7-12(11)21(22)23/h1-8H. The molecule has 0 aliphatic heterocycles. The molecule has 0 saturated carbocycles. The van der Waals surface area contributed by atoms with E-state index < -0.39 is 16.7 Å². The van der Waals surface area contributed by atoms with E-state index in [0.29, 0.717) is 0 Å². The average Bonchev–Trinajstić information content (AvgIpc) is 3.04. The number of nitro groups is 1. The van der Waals surface area contributed by atoms with E-state index in [9.17, 15) is 23.3 Å². The molecule has 0 aliphatic rings. The van der Waals surface area contributed by atoms with Gasteiger partial charge in [0.25, 0.3) is 11.6 Å². The molecular formula is C15H8F3N3O3. The second kappa shape index (κ2) is 5.76. The molecular weight excluding hydrogens is 327 g/mol. The minimum atomic E-state index is -4.50. The zero-order chi connectivity index (χ0) is 17.3. The van der Waals surface area contributed by atoms with Gasteiger partial charge in [0.2, 0.25) is 5.89 Å². The van der Waals surface area contributed by atoms with Crippen LogP contribution in [0.2, 0.25) is 0 Å². The highest BCUT2D eigenvalue weighted by molar-refractivity contribution is 5.67. The van der Waals surface area contributed by atoms with Crippen molar-refractivity contribution in [3.8, 4) is 22.9 Å². The molecule has 0 unspecified atom stereocenters. The molecule has 2 aromatic carbocycles. The van der Waals surface area contributed by atoms with Crippen molar-refractivity contribution in [2.75, 3.05) is 0 Å². The summed E-state index contributed by atoms with van der Waals surface area (Å²) in [6, 6.07) is 10.1. The lowest BCUT2D eigenvalue weighted by atomic mass is 10.1. The maximum absolute atomic E-state index is 12.8. The molecule has 0 fully saturated rings. The SMILES string of the molecule is O=[N+]([O-])c1ccccc1-c1nnc(-c2cccc(C(F)(F)F)c2)o1. The number of para-hydroxylation sites is 1. The number of nitro benzene ring substituents is 1. The van der Waals surface area contributed by atoms with E-state index in [-0.39, 0.29) is 28.6 Å². The van der Waals surface area contributed by atoms with E-state index in [1.165, 1.54) is 30.3 Å². The van der Waals surface area contributed by atoms with Crippen molar-refractivity contribution in [3.63, 3.8) is 0 Å². The van der Waals surface area contributed by atoms with Gasteiger partial charge in [-0.25, -0.2) is 0 Å². The van der Waals surface area contributed by atoms with Crippen LogP contribution in [0.15, 0.2) is 52.9 Å². The van der Waals surface area contributed by atoms with Crippen LogP contribution >= 0.6 is 0 Å². The van der Waals surface area contributed by atoms with Crippen LogP contribution in [0.1, 0.15) is 5.56 Å². The summed E-state index contributed by atoms with van der Waals surface area (Å²) in [7, 11) is 0. The number of aromatic nitrogens is 2. The van der Waals surface area contributed by atoms with E-state index in [2.05, 4.69) is 10.2 Å². The fourth-order valence-electron chi connectivity index (χ4n) is 2.09. The molecule has 3 rings (SSSR count). The normalized spacial score (nSPS) is 11.5. The fourth-order valence-corrected chi connectivity index (χ4v) is 2.09.